The first-order valence-electron chi connectivity index (χ1n) is 6.06. The number of carbonyl (C=O) groups is 1. The molecule has 0 saturated heterocycles. The van der Waals surface area contributed by atoms with E-state index in [-0.39, 0.29) is 5.91 Å². The lowest BCUT2D eigenvalue weighted by Crippen LogP contribution is -2.51. The lowest BCUT2D eigenvalue weighted by molar-refractivity contribution is -0.120. The molecule has 1 aliphatic carbocycles. The normalized spacial score (nSPS) is 18.5. The van der Waals surface area contributed by atoms with E-state index in [0.717, 1.165) is 24.1 Å². The number of carbonyl (C=O) groups excluding carboxylic acids is 1. The van der Waals surface area contributed by atoms with Crippen molar-refractivity contribution >= 4 is 32.2 Å². The predicted molar refractivity (Wildman–Crippen MR) is 74.1 cm³/mol. The Morgan fingerprint density at radius 2 is 1.89 bits per heavy atom. The van der Waals surface area contributed by atoms with Gasteiger partial charge in [-0.1, -0.05) is 24.2 Å². The summed E-state index contributed by atoms with van der Waals surface area (Å²) in [4.78, 5) is 13.9. The van der Waals surface area contributed by atoms with Gasteiger partial charge in [-0.25, -0.2) is 8.42 Å². The van der Waals surface area contributed by atoms with Gasteiger partial charge in [0, 0.05) is 13.3 Å². The highest BCUT2D eigenvalue weighted by Crippen LogP contribution is 2.39. The Hall–Kier alpha value is -1.02. The van der Waals surface area contributed by atoms with Crippen LogP contribution in [0.15, 0.2) is 0 Å². The van der Waals surface area contributed by atoms with Crippen molar-refractivity contribution in [1.29, 1.82) is 0 Å². The molecule has 1 aromatic rings. The summed E-state index contributed by atoms with van der Waals surface area (Å²) < 4.78 is 22.8. The number of hydrogen-bond acceptors (Lipinski definition) is 6. The summed E-state index contributed by atoms with van der Waals surface area (Å²) in [6.45, 7) is 1.79. The van der Waals surface area contributed by atoms with Gasteiger partial charge in [0.15, 0.2) is 14.6 Å². The molecule has 6 nitrogen and oxygen atoms in total. The standard InChI is InChI=1S/C11H17N3O3S2/c1-8-12-13-10(18-8)14(2)9(15)11(19(3,16)17)6-4-5-7-11/h4-7H2,1-3H3. The molecule has 1 aliphatic rings. The third-order valence-corrected chi connectivity index (χ3v) is 6.54. The molecule has 1 heterocycles. The van der Waals surface area contributed by atoms with Crippen LogP contribution in [-0.2, 0) is 14.6 Å². The molecule has 106 valence electrons. The number of aryl methyl sites for hydroxylation is 1. The number of rotatable bonds is 3. The average molecular weight is 303 g/mol. The summed E-state index contributed by atoms with van der Waals surface area (Å²) in [6, 6.07) is 0. The van der Waals surface area contributed by atoms with Crippen LogP contribution in [0.3, 0.4) is 0 Å². The first kappa shape index (κ1) is 14.4. The first-order valence-corrected chi connectivity index (χ1v) is 8.76. The van der Waals surface area contributed by atoms with Gasteiger partial charge in [-0.05, 0) is 19.8 Å². The zero-order valence-corrected chi connectivity index (χ0v) is 12.8. The summed E-state index contributed by atoms with van der Waals surface area (Å²) in [5.41, 5.74) is 0. The van der Waals surface area contributed by atoms with Gasteiger partial charge in [0.1, 0.15) is 5.01 Å². The number of sulfone groups is 1. The van der Waals surface area contributed by atoms with E-state index in [4.69, 9.17) is 0 Å². The number of nitrogens with zero attached hydrogens (tertiary/aromatic N) is 3. The van der Waals surface area contributed by atoms with Gasteiger partial charge in [-0.3, -0.25) is 9.69 Å². The van der Waals surface area contributed by atoms with Crippen molar-refractivity contribution in [2.24, 2.45) is 0 Å². The Bertz CT molecular complexity index is 588. The highest BCUT2D eigenvalue weighted by atomic mass is 32.2. The van der Waals surface area contributed by atoms with Crippen LogP contribution in [-0.4, -0.2) is 42.6 Å². The van der Waals surface area contributed by atoms with Crippen molar-refractivity contribution in [3.63, 3.8) is 0 Å². The molecule has 8 heteroatoms. The third kappa shape index (κ3) is 2.38. The van der Waals surface area contributed by atoms with Crippen LogP contribution in [0, 0.1) is 6.92 Å². The van der Waals surface area contributed by atoms with Gasteiger partial charge in [0.05, 0.1) is 0 Å². The maximum atomic E-state index is 12.6. The SMILES string of the molecule is Cc1nnc(N(C)C(=O)C2(S(C)(=O)=O)CCCC2)s1. The van der Waals surface area contributed by atoms with Gasteiger partial charge in [-0.2, -0.15) is 0 Å². The van der Waals surface area contributed by atoms with E-state index in [1.165, 1.54) is 16.2 Å². The van der Waals surface area contributed by atoms with Gasteiger partial charge >= 0.3 is 0 Å². The molecule has 0 radical (unpaired) electrons. The molecule has 0 unspecified atom stereocenters. The Morgan fingerprint density at radius 3 is 2.32 bits per heavy atom. The van der Waals surface area contributed by atoms with E-state index in [9.17, 15) is 13.2 Å². The third-order valence-electron chi connectivity index (χ3n) is 3.62. The second kappa shape index (κ2) is 4.82. The molecule has 0 atom stereocenters. The molecule has 1 saturated carbocycles. The van der Waals surface area contributed by atoms with Crippen LogP contribution < -0.4 is 4.90 Å². The number of anilines is 1. The molecular formula is C11H17N3O3S2. The minimum atomic E-state index is -3.44. The van der Waals surface area contributed by atoms with Gasteiger partial charge in [0.25, 0.3) is 0 Å². The summed E-state index contributed by atoms with van der Waals surface area (Å²) in [7, 11) is -1.88. The zero-order chi connectivity index (χ0) is 14.3. The lowest BCUT2D eigenvalue weighted by Gasteiger charge is -2.29. The molecule has 19 heavy (non-hydrogen) atoms. The van der Waals surface area contributed by atoms with Crippen molar-refractivity contribution < 1.29 is 13.2 Å². The maximum absolute atomic E-state index is 12.6. The van der Waals surface area contributed by atoms with Crippen LogP contribution in [0.25, 0.3) is 0 Å². The Balaban J connectivity index is 2.36. The quantitative estimate of drug-likeness (QED) is 0.837. The molecule has 2 rings (SSSR count). The summed E-state index contributed by atoms with van der Waals surface area (Å²) >= 11 is 1.28. The topological polar surface area (TPSA) is 80.2 Å². The van der Waals surface area contributed by atoms with E-state index in [0.29, 0.717) is 18.0 Å². The minimum absolute atomic E-state index is 0.386. The average Bonchev–Trinajstić information content (AvgIpc) is 2.95. The summed E-state index contributed by atoms with van der Waals surface area (Å²) in [5, 5.41) is 8.94. The van der Waals surface area contributed by atoms with Crippen molar-refractivity contribution in [3.8, 4) is 0 Å². The van der Waals surface area contributed by atoms with Crippen molar-refractivity contribution in [2.45, 2.75) is 37.4 Å². The fourth-order valence-corrected chi connectivity index (χ4v) is 4.64. The highest BCUT2D eigenvalue weighted by Gasteiger charge is 2.51. The van der Waals surface area contributed by atoms with Gasteiger partial charge in [0.2, 0.25) is 11.0 Å². The number of hydrogen-bond donors (Lipinski definition) is 0. The Labute approximate surface area is 116 Å². The Morgan fingerprint density at radius 1 is 1.32 bits per heavy atom. The number of aromatic nitrogens is 2. The fraction of sp³-hybridized carbons (Fsp3) is 0.727. The van der Waals surface area contributed by atoms with E-state index < -0.39 is 14.6 Å². The molecule has 1 fully saturated rings. The van der Waals surface area contributed by atoms with Crippen LogP contribution in [0.2, 0.25) is 0 Å². The van der Waals surface area contributed by atoms with E-state index in [2.05, 4.69) is 10.2 Å². The van der Waals surface area contributed by atoms with Crippen LogP contribution in [0.4, 0.5) is 5.13 Å². The van der Waals surface area contributed by atoms with Crippen LogP contribution in [0.5, 0.6) is 0 Å². The first-order chi connectivity index (χ1) is 8.78. The molecule has 0 aliphatic heterocycles. The highest BCUT2D eigenvalue weighted by molar-refractivity contribution is 7.93. The van der Waals surface area contributed by atoms with Gasteiger partial charge in [-0.15, -0.1) is 10.2 Å². The zero-order valence-electron chi connectivity index (χ0n) is 11.2. The van der Waals surface area contributed by atoms with Crippen molar-refractivity contribution in [3.05, 3.63) is 5.01 Å². The van der Waals surface area contributed by atoms with E-state index in [1.54, 1.807) is 14.0 Å². The Kier molecular flexibility index (Phi) is 3.65. The van der Waals surface area contributed by atoms with E-state index >= 15 is 0 Å². The predicted octanol–water partition coefficient (Wildman–Crippen LogP) is 1.17. The molecule has 1 aromatic heterocycles. The fourth-order valence-electron chi connectivity index (χ4n) is 2.50. The molecule has 0 bridgehead atoms. The molecule has 0 N–H and O–H groups in total. The molecular weight excluding hydrogens is 286 g/mol. The molecule has 0 aromatic carbocycles. The monoisotopic (exact) mass is 303 g/mol. The lowest BCUT2D eigenvalue weighted by atomic mass is 10.1. The van der Waals surface area contributed by atoms with Gasteiger partial charge < -0.3 is 0 Å². The van der Waals surface area contributed by atoms with Crippen LogP contribution in [0.1, 0.15) is 30.7 Å². The van der Waals surface area contributed by atoms with Crippen molar-refractivity contribution in [1.82, 2.24) is 10.2 Å². The molecule has 1 amide bonds. The smallest absolute Gasteiger partial charge is 0.249 e. The largest absolute Gasteiger partial charge is 0.288 e. The molecule has 0 spiro atoms. The maximum Gasteiger partial charge on any atom is 0.249 e. The van der Waals surface area contributed by atoms with E-state index in [1.807, 2.05) is 0 Å². The summed E-state index contributed by atoms with van der Waals surface area (Å²) in [5.74, 6) is -0.386. The second-order valence-electron chi connectivity index (χ2n) is 4.94. The van der Waals surface area contributed by atoms with Crippen LogP contribution >= 0.6 is 11.3 Å². The second-order valence-corrected chi connectivity index (χ2v) is 8.43. The minimum Gasteiger partial charge on any atom is -0.288 e. The summed E-state index contributed by atoms with van der Waals surface area (Å²) in [6.07, 6.45) is 3.47. The number of amides is 1. The van der Waals surface area contributed by atoms with Crippen molar-refractivity contribution in [2.75, 3.05) is 18.2 Å².